The predicted molar refractivity (Wildman–Crippen MR) is 79.3 cm³/mol. The highest BCUT2D eigenvalue weighted by atomic mass is 32.1. The molecular formula is C16H19NS. The standard InChI is InChI=1S/C16H19NS/c1-11(17-2)15-8-9-16(18-15)14-7-6-12-4-3-5-13(12)10-14/h6-11,17H,3-5H2,1-2H3. The van der Waals surface area contributed by atoms with Crippen LogP contribution in [0.25, 0.3) is 10.4 Å². The first kappa shape index (κ1) is 11.9. The molecule has 1 heterocycles. The number of rotatable bonds is 3. The van der Waals surface area contributed by atoms with E-state index in [4.69, 9.17) is 0 Å². The van der Waals surface area contributed by atoms with Crippen LogP contribution >= 0.6 is 11.3 Å². The number of thiophene rings is 1. The average molecular weight is 257 g/mol. The molecule has 0 bridgehead atoms. The smallest absolute Gasteiger partial charge is 0.0383 e. The Kier molecular flexibility index (Phi) is 3.23. The van der Waals surface area contributed by atoms with E-state index in [0.717, 1.165) is 0 Å². The Labute approximate surface area is 113 Å². The molecule has 0 saturated heterocycles. The summed E-state index contributed by atoms with van der Waals surface area (Å²) in [6.07, 6.45) is 3.85. The average Bonchev–Trinajstić information content (AvgIpc) is 3.05. The summed E-state index contributed by atoms with van der Waals surface area (Å²) in [5.41, 5.74) is 4.50. The van der Waals surface area contributed by atoms with Gasteiger partial charge in [0.25, 0.3) is 0 Å². The Hall–Kier alpha value is -1.12. The highest BCUT2D eigenvalue weighted by molar-refractivity contribution is 7.15. The van der Waals surface area contributed by atoms with Crippen molar-refractivity contribution in [2.24, 2.45) is 0 Å². The van der Waals surface area contributed by atoms with E-state index in [1.54, 1.807) is 11.1 Å². The monoisotopic (exact) mass is 257 g/mol. The van der Waals surface area contributed by atoms with Crippen molar-refractivity contribution in [2.45, 2.75) is 32.2 Å². The molecule has 3 rings (SSSR count). The molecule has 1 unspecified atom stereocenters. The maximum Gasteiger partial charge on any atom is 0.0383 e. The molecule has 0 radical (unpaired) electrons. The predicted octanol–water partition coefficient (Wildman–Crippen LogP) is 4.18. The lowest BCUT2D eigenvalue weighted by Gasteiger charge is -2.06. The van der Waals surface area contributed by atoms with Crippen LogP contribution in [0.4, 0.5) is 0 Å². The molecule has 0 saturated carbocycles. The highest BCUT2D eigenvalue weighted by Crippen LogP contribution is 2.34. The molecule has 94 valence electrons. The number of fused-ring (bicyclic) bond motifs is 1. The van der Waals surface area contributed by atoms with E-state index < -0.39 is 0 Å². The lowest BCUT2D eigenvalue weighted by molar-refractivity contribution is 0.664. The first-order valence-electron chi connectivity index (χ1n) is 6.67. The van der Waals surface area contributed by atoms with Crippen LogP contribution in [0.2, 0.25) is 0 Å². The number of hydrogen-bond donors (Lipinski definition) is 1. The third-order valence-electron chi connectivity index (χ3n) is 3.87. The van der Waals surface area contributed by atoms with Crippen LogP contribution in [0.15, 0.2) is 30.3 Å². The van der Waals surface area contributed by atoms with Crippen molar-refractivity contribution in [1.82, 2.24) is 5.32 Å². The number of aryl methyl sites for hydroxylation is 2. The molecule has 1 aliphatic carbocycles. The zero-order valence-corrected chi connectivity index (χ0v) is 11.8. The van der Waals surface area contributed by atoms with Crippen molar-refractivity contribution in [1.29, 1.82) is 0 Å². The molecule has 0 fully saturated rings. The topological polar surface area (TPSA) is 12.0 Å². The summed E-state index contributed by atoms with van der Waals surface area (Å²) in [6.45, 7) is 2.21. The highest BCUT2D eigenvalue weighted by Gasteiger charge is 2.13. The van der Waals surface area contributed by atoms with Gasteiger partial charge in [0.2, 0.25) is 0 Å². The van der Waals surface area contributed by atoms with E-state index in [1.807, 2.05) is 18.4 Å². The molecule has 2 aromatic rings. The first-order chi connectivity index (χ1) is 8.78. The third kappa shape index (κ3) is 2.11. The lowest BCUT2D eigenvalue weighted by Crippen LogP contribution is -2.10. The molecule has 1 N–H and O–H groups in total. The largest absolute Gasteiger partial charge is 0.313 e. The fraction of sp³-hybridized carbons (Fsp3) is 0.375. The van der Waals surface area contributed by atoms with Crippen LogP contribution in [-0.2, 0) is 12.8 Å². The molecule has 0 spiro atoms. The minimum Gasteiger partial charge on any atom is -0.313 e. The number of hydrogen-bond acceptors (Lipinski definition) is 2. The maximum absolute atomic E-state index is 3.30. The molecule has 1 atom stereocenters. The summed E-state index contributed by atoms with van der Waals surface area (Å²) in [5.74, 6) is 0. The molecule has 0 aliphatic heterocycles. The Balaban J connectivity index is 1.92. The second kappa shape index (κ2) is 4.87. The number of nitrogens with one attached hydrogen (secondary N) is 1. The van der Waals surface area contributed by atoms with Crippen LogP contribution in [0.3, 0.4) is 0 Å². The van der Waals surface area contributed by atoms with Crippen molar-refractivity contribution in [3.63, 3.8) is 0 Å². The van der Waals surface area contributed by atoms with Gasteiger partial charge in [0, 0.05) is 15.8 Å². The Morgan fingerprint density at radius 1 is 1.11 bits per heavy atom. The summed E-state index contributed by atoms with van der Waals surface area (Å²) in [4.78, 5) is 2.80. The maximum atomic E-state index is 3.30. The Morgan fingerprint density at radius 3 is 2.78 bits per heavy atom. The van der Waals surface area contributed by atoms with Crippen molar-refractivity contribution < 1.29 is 0 Å². The van der Waals surface area contributed by atoms with E-state index in [9.17, 15) is 0 Å². The zero-order valence-electron chi connectivity index (χ0n) is 11.0. The second-order valence-electron chi connectivity index (χ2n) is 5.05. The van der Waals surface area contributed by atoms with Crippen LogP contribution in [0, 0.1) is 0 Å². The van der Waals surface area contributed by atoms with E-state index in [1.165, 1.54) is 34.6 Å². The van der Waals surface area contributed by atoms with Crippen LogP contribution in [-0.4, -0.2) is 7.05 Å². The second-order valence-corrected chi connectivity index (χ2v) is 6.16. The van der Waals surface area contributed by atoms with Gasteiger partial charge in [0.05, 0.1) is 0 Å². The molecule has 0 amide bonds. The summed E-state index contributed by atoms with van der Waals surface area (Å²) in [6, 6.07) is 11.9. The Morgan fingerprint density at radius 2 is 1.94 bits per heavy atom. The SMILES string of the molecule is CNC(C)c1ccc(-c2ccc3c(c2)CCC3)s1. The molecule has 1 nitrogen and oxygen atoms in total. The van der Waals surface area contributed by atoms with E-state index >= 15 is 0 Å². The summed E-state index contributed by atoms with van der Waals surface area (Å²) in [7, 11) is 2.01. The van der Waals surface area contributed by atoms with E-state index in [2.05, 4.69) is 42.6 Å². The van der Waals surface area contributed by atoms with Crippen molar-refractivity contribution in [3.05, 3.63) is 46.3 Å². The molecule has 1 aromatic carbocycles. The van der Waals surface area contributed by atoms with E-state index in [-0.39, 0.29) is 0 Å². The number of benzene rings is 1. The summed E-state index contributed by atoms with van der Waals surface area (Å²) < 4.78 is 0. The van der Waals surface area contributed by atoms with Gasteiger partial charge in [-0.3, -0.25) is 0 Å². The van der Waals surface area contributed by atoms with Gasteiger partial charge in [-0.2, -0.15) is 0 Å². The van der Waals surface area contributed by atoms with Gasteiger partial charge in [-0.1, -0.05) is 18.2 Å². The molecule has 1 aromatic heterocycles. The van der Waals surface area contributed by atoms with Crippen LogP contribution < -0.4 is 5.32 Å². The fourth-order valence-corrected chi connectivity index (χ4v) is 3.67. The van der Waals surface area contributed by atoms with Gasteiger partial charge in [-0.05, 0) is 62.1 Å². The third-order valence-corrected chi connectivity index (χ3v) is 5.19. The van der Waals surface area contributed by atoms with Gasteiger partial charge in [0.15, 0.2) is 0 Å². The van der Waals surface area contributed by atoms with Crippen molar-refractivity contribution in [2.75, 3.05) is 7.05 Å². The fourth-order valence-electron chi connectivity index (χ4n) is 2.61. The molecular weight excluding hydrogens is 238 g/mol. The van der Waals surface area contributed by atoms with E-state index in [0.29, 0.717) is 6.04 Å². The summed E-state index contributed by atoms with van der Waals surface area (Å²) >= 11 is 1.90. The lowest BCUT2D eigenvalue weighted by atomic mass is 10.1. The van der Waals surface area contributed by atoms with Crippen molar-refractivity contribution in [3.8, 4) is 10.4 Å². The van der Waals surface area contributed by atoms with Crippen LogP contribution in [0.1, 0.15) is 35.4 Å². The molecule has 1 aliphatic rings. The minimum atomic E-state index is 0.443. The van der Waals surface area contributed by atoms with Gasteiger partial charge in [-0.15, -0.1) is 11.3 Å². The van der Waals surface area contributed by atoms with Gasteiger partial charge >= 0.3 is 0 Å². The molecule has 2 heteroatoms. The Bertz CT molecular complexity index is 556. The zero-order chi connectivity index (χ0) is 12.5. The molecule has 18 heavy (non-hydrogen) atoms. The van der Waals surface area contributed by atoms with Crippen LogP contribution in [0.5, 0.6) is 0 Å². The quantitative estimate of drug-likeness (QED) is 0.869. The first-order valence-corrected chi connectivity index (χ1v) is 7.49. The van der Waals surface area contributed by atoms with Crippen molar-refractivity contribution >= 4 is 11.3 Å². The normalized spacial score (nSPS) is 15.7. The van der Waals surface area contributed by atoms with Gasteiger partial charge < -0.3 is 5.32 Å². The van der Waals surface area contributed by atoms with Gasteiger partial charge in [0.1, 0.15) is 0 Å². The minimum absolute atomic E-state index is 0.443. The van der Waals surface area contributed by atoms with Gasteiger partial charge in [-0.25, -0.2) is 0 Å². The summed E-state index contributed by atoms with van der Waals surface area (Å²) in [5, 5.41) is 3.30.